The minimum Gasteiger partial charge on any atom is -0.394 e. The van der Waals surface area contributed by atoms with Gasteiger partial charge in [0.15, 0.2) is 0 Å². The highest BCUT2D eigenvalue weighted by atomic mass is 16.5. The van der Waals surface area contributed by atoms with E-state index in [0.717, 1.165) is 25.9 Å². The van der Waals surface area contributed by atoms with Gasteiger partial charge in [0, 0.05) is 19.2 Å². The third kappa shape index (κ3) is 1.95. The summed E-state index contributed by atoms with van der Waals surface area (Å²) >= 11 is 0. The maximum atomic E-state index is 9.34. The third-order valence-electron chi connectivity index (χ3n) is 3.40. The second-order valence-electron chi connectivity index (χ2n) is 3.99. The Morgan fingerprint density at radius 2 is 2.21 bits per heavy atom. The molecule has 1 N–H and O–H groups in total. The molecule has 2 rings (SSSR count). The quantitative estimate of drug-likeness (QED) is 0.730. The predicted octanol–water partition coefficient (Wildman–Crippen LogP) is 1.26. The highest BCUT2D eigenvalue weighted by molar-refractivity contribution is 5.03. The van der Waals surface area contributed by atoms with Crippen LogP contribution in [0.5, 0.6) is 0 Å². The molecule has 0 amide bonds. The van der Waals surface area contributed by atoms with E-state index in [4.69, 9.17) is 4.74 Å². The van der Waals surface area contributed by atoms with E-state index in [2.05, 4.69) is 4.90 Å². The van der Waals surface area contributed by atoms with Gasteiger partial charge in [0.2, 0.25) is 0 Å². The van der Waals surface area contributed by atoms with E-state index in [9.17, 15) is 5.11 Å². The highest BCUT2D eigenvalue weighted by Gasteiger charge is 2.47. The molecule has 84 valence electrons. The van der Waals surface area contributed by atoms with Gasteiger partial charge in [-0.2, -0.15) is 0 Å². The van der Waals surface area contributed by atoms with Crippen molar-refractivity contribution in [2.75, 3.05) is 26.8 Å². The van der Waals surface area contributed by atoms with Crippen LogP contribution in [0.2, 0.25) is 0 Å². The molecule has 3 heteroatoms. The summed E-state index contributed by atoms with van der Waals surface area (Å²) in [5.41, 5.74) is 0.0840. The number of hydrogen-bond acceptors (Lipinski definition) is 3. The monoisotopic (exact) mass is 201 g/mol. The maximum Gasteiger partial charge on any atom is 0.0716 e. The number of rotatable bonds is 2. The molecule has 3 nitrogen and oxygen atoms in total. The van der Waals surface area contributed by atoms with Gasteiger partial charge in [0.1, 0.15) is 0 Å². The Labute approximate surface area is 87.1 Å². The zero-order valence-corrected chi connectivity index (χ0v) is 9.62. The summed E-state index contributed by atoms with van der Waals surface area (Å²) in [5.74, 6) is 0. The van der Waals surface area contributed by atoms with Crippen LogP contribution in [0, 0.1) is 0 Å². The number of ether oxygens (including phenoxy) is 1. The summed E-state index contributed by atoms with van der Waals surface area (Å²) in [4.78, 5) is 2.39. The van der Waals surface area contributed by atoms with Crippen molar-refractivity contribution in [3.63, 3.8) is 0 Å². The van der Waals surface area contributed by atoms with Gasteiger partial charge in [-0.25, -0.2) is 0 Å². The molecule has 2 aliphatic heterocycles. The molecule has 2 aliphatic rings. The van der Waals surface area contributed by atoms with Crippen molar-refractivity contribution < 1.29 is 9.84 Å². The van der Waals surface area contributed by atoms with E-state index in [1.807, 2.05) is 13.8 Å². The van der Waals surface area contributed by atoms with Crippen molar-refractivity contribution in [1.82, 2.24) is 4.90 Å². The Morgan fingerprint density at radius 3 is 2.71 bits per heavy atom. The van der Waals surface area contributed by atoms with Gasteiger partial charge in [-0.3, -0.25) is 4.90 Å². The molecule has 0 aliphatic carbocycles. The molecule has 0 aromatic carbocycles. The minimum atomic E-state index is 0.0840. The van der Waals surface area contributed by atoms with E-state index in [1.54, 1.807) is 7.11 Å². The van der Waals surface area contributed by atoms with Crippen LogP contribution >= 0.6 is 0 Å². The fourth-order valence-electron chi connectivity index (χ4n) is 2.65. The van der Waals surface area contributed by atoms with Crippen molar-refractivity contribution in [3.05, 3.63) is 0 Å². The molecule has 14 heavy (non-hydrogen) atoms. The largest absolute Gasteiger partial charge is 0.394 e. The molecule has 0 bridgehead atoms. The molecular weight excluding hydrogens is 178 g/mol. The lowest BCUT2D eigenvalue weighted by Crippen LogP contribution is -2.41. The number of fused-ring (bicyclic) bond motifs is 1. The third-order valence-corrected chi connectivity index (χ3v) is 3.40. The number of hydrogen-bond donors (Lipinski definition) is 1. The molecule has 2 heterocycles. The van der Waals surface area contributed by atoms with Crippen LogP contribution in [-0.2, 0) is 4.74 Å². The van der Waals surface area contributed by atoms with Crippen LogP contribution in [0.15, 0.2) is 0 Å². The Kier molecular flexibility index (Phi) is 4.35. The maximum absolute atomic E-state index is 9.34. The summed E-state index contributed by atoms with van der Waals surface area (Å²) in [7, 11) is 1.76. The Morgan fingerprint density at radius 1 is 1.50 bits per heavy atom. The zero-order chi connectivity index (χ0) is 10.6. The van der Waals surface area contributed by atoms with Crippen LogP contribution in [0.1, 0.15) is 33.1 Å². The standard InChI is InChI=1S/C9H17NO2.C2H6/c1-12-8-5-9(7-11)3-2-4-10(9)6-8;1-2/h8,11H,2-7H2,1H3;1-2H3/t8-,9-;/m1./s1. The second-order valence-corrected chi connectivity index (χ2v) is 3.99. The summed E-state index contributed by atoms with van der Waals surface area (Å²) in [6.45, 7) is 6.45. The molecule has 2 atom stereocenters. The van der Waals surface area contributed by atoms with E-state index in [0.29, 0.717) is 12.7 Å². The molecule has 0 aromatic rings. The molecule has 0 radical (unpaired) electrons. The first-order valence-electron chi connectivity index (χ1n) is 5.69. The van der Waals surface area contributed by atoms with Gasteiger partial charge in [-0.05, 0) is 25.8 Å². The number of aliphatic hydroxyl groups is 1. The van der Waals surface area contributed by atoms with E-state index < -0.39 is 0 Å². The molecule has 2 saturated heterocycles. The number of nitrogens with zero attached hydrogens (tertiary/aromatic N) is 1. The second kappa shape index (κ2) is 5.10. The van der Waals surface area contributed by atoms with Crippen LogP contribution in [0.3, 0.4) is 0 Å². The first-order chi connectivity index (χ1) is 6.80. The average molecular weight is 201 g/mol. The van der Waals surface area contributed by atoms with Gasteiger partial charge in [-0.1, -0.05) is 13.8 Å². The smallest absolute Gasteiger partial charge is 0.0716 e. The Bertz CT molecular complexity index is 175. The van der Waals surface area contributed by atoms with Crippen molar-refractivity contribution in [3.8, 4) is 0 Å². The van der Waals surface area contributed by atoms with Gasteiger partial charge >= 0.3 is 0 Å². The predicted molar refractivity (Wildman–Crippen MR) is 57.4 cm³/mol. The summed E-state index contributed by atoms with van der Waals surface area (Å²) in [5, 5.41) is 9.34. The SMILES string of the molecule is CC.CO[C@H]1CN2CCC[C@]2(CO)C1. The highest BCUT2D eigenvalue weighted by Crippen LogP contribution is 2.39. The van der Waals surface area contributed by atoms with Gasteiger partial charge in [-0.15, -0.1) is 0 Å². The average Bonchev–Trinajstić information content (AvgIpc) is 2.76. The zero-order valence-electron chi connectivity index (χ0n) is 9.62. The lowest BCUT2D eigenvalue weighted by molar-refractivity contribution is 0.0944. The van der Waals surface area contributed by atoms with E-state index >= 15 is 0 Å². The van der Waals surface area contributed by atoms with Gasteiger partial charge in [0.25, 0.3) is 0 Å². The normalized spacial score (nSPS) is 36.4. The van der Waals surface area contributed by atoms with E-state index in [1.165, 1.54) is 6.42 Å². The molecule has 0 spiro atoms. The lowest BCUT2D eigenvalue weighted by Gasteiger charge is -2.28. The van der Waals surface area contributed by atoms with Crippen LogP contribution in [0.25, 0.3) is 0 Å². The number of methoxy groups -OCH3 is 1. The summed E-state index contributed by atoms with van der Waals surface area (Å²) in [6.07, 6.45) is 3.73. The summed E-state index contributed by atoms with van der Waals surface area (Å²) < 4.78 is 5.32. The summed E-state index contributed by atoms with van der Waals surface area (Å²) in [6, 6.07) is 0. The van der Waals surface area contributed by atoms with Crippen molar-refractivity contribution in [2.45, 2.75) is 44.8 Å². The number of aliphatic hydroxyl groups excluding tert-OH is 1. The molecule has 2 fully saturated rings. The van der Waals surface area contributed by atoms with Crippen molar-refractivity contribution >= 4 is 0 Å². The van der Waals surface area contributed by atoms with Crippen LogP contribution in [0.4, 0.5) is 0 Å². The topological polar surface area (TPSA) is 32.7 Å². The van der Waals surface area contributed by atoms with Gasteiger partial charge < -0.3 is 9.84 Å². The molecule has 0 aromatic heterocycles. The van der Waals surface area contributed by atoms with Gasteiger partial charge in [0.05, 0.1) is 12.7 Å². The van der Waals surface area contributed by atoms with Crippen LogP contribution < -0.4 is 0 Å². The van der Waals surface area contributed by atoms with Crippen molar-refractivity contribution in [1.29, 1.82) is 0 Å². The molecule has 0 saturated carbocycles. The van der Waals surface area contributed by atoms with Crippen molar-refractivity contribution in [2.24, 2.45) is 0 Å². The Balaban J connectivity index is 0.000000461. The van der Waals surface area contributed by atoms with E-state index in [-0.39, 0.29) is 5.54 Å². The first kappa shape index (κ1) is 12.0. The first-order valence-corrected chi connectivity index (χ1v) is 5.69. The molecule has 0 unspecified atom stereocenters. The molecular formula is C11H23NO2. The fourth-order valence-corrected chi connectivity index (χ4v) is 2.65. The van der Waals surface area contributed by atoms with Crippen LogP contribution in [-0.4, -0.2) is 48.5 Å². The minimum absolute atomic E-state index is 0.0840. The lowest BCUT2D eigenvalue weighted by atomic mass is 9.94. The Hall–Kier alpha value is -0.120. The fraction of sp³-hybridized carbons (Fsp3) is 1.00.